The van der Waals surface area contributed by atoms with Gasteiger partial charge >= 0.3 is 0 Å². The zero-order chi connectivity index (χ0) is 26.9. The third-order valence-corrected chi connectivity index (χ3v) is 8.66. The molecule has 1 nitrogen and oxygen atoms in total. The molecule has 1 aromatic heterocycles. The van der Waals surface area contributed by atoms with Crippen LogP contribution in [0.1, 0.15) is 0 Å². The summed E-state index contributed by atoms with van der Waals surface area (Å²) in [7, 11) is 0. The average molecular weight is 521 g/mol. The first-order chi connectivity index (χ1) is 20.3. The summed E-state index contributed by atoms with van der Waals surface area (Å²) in [6.45, 7) is 0. The molecule has 0 bridgehead atoms. The van der Waals surface area contributed by atoms with Gasteiger partial charge in [0, 0.05) is 21.7 Å². The van der Waals surface area contributed by atoms with Gasteiger partial charge in [0.05, 0.1) is 0 Å². The summed E-state index contributed by atoms with van der Waals surface area (Å²) in [4.78, 5) is 0. The highest BCUT2D eigenvalue weighted by Gasteiger charge is 2.15. The molecule has 9 aromatic rings. The molecule has 9 rings (SSSR count). The third-order valence-electron chi connectivity index (χ3n) is 8.66. The molecule has 1 heteroatoms. The van der Waals surface area contributed by atoms with Crippen LogP contribution in [0.3, 0.4) is 0 Å². The number of para-hydroxylation sites is 1. The van der Waals surface area contributed by atoms with Crippen LogP contribution < -0.4 is 0 Å². The Balaban J connectivity index is 1.19. The molecule has 8 aromatic carbocycles. The quantitative estimate of drug-likeness (QED) is 0.207. The van der Waals surface area contributed by atoms with Crippen molar-refractivity contribution in [1.29, 1.82) is 0 Å². The number of hydrogen-bond donors (Lipinski definition) is 0. The molecule has 0 spiro atoms. The minimum Gasteiger partial charge on any atom is -0.455 e. The molecule has 0 fully saturated rings. The molecule has 0 aliphatic rings. The molecular weight excluding hydrogens is 496 g/mol. The Kier molecular flexibility index (Phi) is 4.67. The zero-order valence-corrected chi connectivity index (χ0v) is 22.3. The number of benzene rings is 8. The van der Waals surface area contributed by atoms with E-state index >= 15 is 0 Å². The first kappa shape index (κ1) is 22.4. The summed E-state index contributed by atoms with van der Waals surface area (Å²) in [5.74, 6) is 0. The molecule has 190 valence electrons. The predicted octanol–water partition coefficient (Wildman–Crippen LogP) is 11.5. The summed E-state index contributed by atoms with van der Waals surface area (Å²) < 4.78 is 6.59. The largest absolute Gasteiger partial charge is 0.455 e. The average Bonchev–Trinajstić information content (AvgIpc) is 3.44. The first-order valence-corrected chi connectivity index (χ1v) is 14.1. The molecular formula is C40H24O. The lowest BCUT2D eigenvalue weighted by molar-refractivity contribution is 0.674. The van der Waals surface area contributed by atoms with E-state index in [1.165, 1.54) is 48.8 Å². The molecule has 1 heterocycles. The van der Waals surface area contributed by atoms with Crippen LogP contribution in [0.15, 0.2) is 150 Å². The van der Waals surface area contributed by atoms with Crippen molar-refractivity contribution >= 4 is 65.0 Å². The van der Waals surface area contributed by atoms with Gasteiger partial charge in [0.1, 0.15) is 11.2 Å². The van der Waals surface area contributed by atoms with Crippen molar-refractivity contribution in [1.82, 2.24) is 0 Å². The minimum atomic E-state index is 0.940. The smallest absolute Gasteiger partial charge is 0.143 e. The summed E-state index contributed by atoms with van der Waals surface area (Å²) in [6.07, 6.45) is 0. The van der Waals surface area contributed by atoms with Gasteiger partial charge in [-0.3, -0.25) is 0 Å². The van der Waals surface area contributed by atoms with Gasteiger partial charge in [0.25, 0.3) is 0 Å². The van der Waals surface area contributed by atoms with Crippen LogP contribution >= 0.6 is 0 Å². The summed E-state index contributed by atoms with van der Waals surface area (Å²) >= 11 is 0. The third kappa shape index (κ3) is 3.30. The van der Waals surface area contributed by atoms with E-state index in [0.29, 0.717) is 0 Å². The fraction of sp³-hybridized carbons (Fsp3) is 0. The SMILES string of the molecule is c1ccc2c(c1)ccc1c3cccc(-c4ccc(-c5ccc6c7ccccc7c7ccccc7c6c5)cc4)c3oc21. The van der Waals surface area contributed by atoms with Crippen molar-refractivity contribution in [3.63, 3.8) is 0 Å². The van der Waals surface area contributed by atoms with Crippen LogP contribution in [0.5, 0.6) is 0 Å². The molecule has 0 saturated heterocycles. The number of fused-ring (bicyclic) bond motifs is 11. The maximum absolute atomic E-state index is 6.59. The maximum Gasteiger partial charge on any atom is 0.143 e. The Bertz CT molecular complexity index is 2420. The molecule has 0 radical (unpaired) electrons. The summed E-state index contributed by atoms with van der Waals surface area (Å²) in [6, 6.07) is 52.5. The minimum absolute atomic E-state index is 0.940. The van der Waals surface area contributed by atoms with E-state index in [0.717, 1.165) is 38.5 Å². The Morgan fingerprint density at radius 3 is 1.54 bits per heavy atom. The molecule has 0 amide bonds. The van der Waals surface area contributed by atoms with E-state index in [1.807, 2.05) is 0 Å². The molecule has 41 heavy (non-hydrogen) atoms. The van der Waals surface area contributed by atoms with E-state index in [2.05, 4.69) is 146 Å². The van der Waals surface area contributed by atoms with Gasteiger partial charge in [-0.1, -0.05) is 133 Å². The van der Waals surface area contributed by atoms with E-state index in [9.17, 15) is 0 Å². The second-order valence-electron chi connectivity index (χ2n) is 10.9. The van der Waals surface area contributed by atoms with Gasteiger partial charge in [0.15, 0.2) is 0 Å². The molecule has 0 aliphatic heterocycles. The van der Waals surface area contributed by atoms with Crippen molar-refractivity contribution in [2.45, 2.75) is 0 Å². The Morgan fingerprint density at radius 1 is 0.293 bits per heavy atom. The summed E-state index contributed by atoms with van der Waals surface area (Å²) in [5, 5.41) is 12.5. The molecule has 0 atom stereocenters. The Labute approximate surface area is 236 Å². The molecule has 0 aliphatic carbocycles. The van der Waals surface area contributed by atoms with Crippen LogP contribution in [0, 0.1) is 0 Å². The first-order valence-electron chi connectivity index (χ1n) is 14.1. The van der Waals surface area contributed by atoms with Crippen molar-refractivity contribution in [2.24, 2.45) is 0 Å². The van der Waals surface area contributed by atoms with Gasteiger partial charge < -0.3 is 4.42 Å². The number of rotatable bonds is 2. The van der Waals surface area contributed by atoms with Gasteiger partial charge in [-0.25, -0.2) is 0 Å². The molecule has 0 saturated carbocycles. The second kappa shape index (κ2) is 8.55. The van der Waals surface area contributed by atoms with Crippen molar-refractivity contribution < 1.29 is 4.42 Å². The fourth-order valence-electron chi connectivity index (χ4n) is 6.68. The highest BCUT2D eigenvalue weighted by Crippen LogP contribution is 2.40. The zero-order valence-electron chi connectivity index (χ0n) is 22.3. The topological polar surface area (TPSA) is 13.1 Å². The van der Waals surface area contributed by atoms with Gasteiger partial charge in [-0.05, 0) is 66.5 Å². The van der Waals surface area contributed by atoms with Crippen LogP contribution in [0.4, 0.5) is 0 Å². The van der Waals surface area contributed by atoms with Crippen molar-refractivity contribution in [3.05, 3.63) is 146 Å². The monoisotopic (exact) mass is 520 g/mol. The van der Waals surface area contributed by atoms with Crippen molar-refractivity contribution in [3.8, 4) is 22.3 Å². The highest BCUT2D eigenvalue weighted by molar-refractivity contribution is 6.25. The Hall–Kier alpha value is -5.40. The normalized spacial score (nSPS) is 11.9. The Morgan fingerprint density at radius 2 is 0.805 bits per heavy atom. The number of furan rings is 1. The molecule has 0 N–H and O–H groups in total. The maximum atomic E-state index is 6.59. The van der Waals surface area contributed by atoms with E-state index < -0.39 is 0 Å². The van der Waals surface area contributed by atoms with Gasteiger partial charge in [-0.2, -0.15) is 0 Å². The lowest BCUT2D eigenvalue weighted by Gasteiger charge is -2.12. The van der Waals surface area contributed by atoms with E-state index in [-0.39, 0.29) is 0 Å². The van der Waals surface area contributed by atoms with E-state index in [1.54, 1.807) is 0 Å². The van der Waals surface area contributed by atoms with Gasteiger partial charge in [-0.15, -0.1) is 0 Å². The van der Waals surface area contributed by atoms with Gasteiger partial charge in [0.2, 0.25) is 0 Å². The number of hydrogen-bond acceptors (Lipinski definition) is 1. The van der Waals surface area contributed by atoms with Crippen LogP contribution in [-0.4, -0.2) is 0 Å². The predicted molar refractivity (Wildman–Crippen MR) is 175 cm³/mol. The molecule has 0 unspecified atom stereocenters. The lowest BCUT2D eigenvalue weighted by Crippen LogP contribution is -1.85. The van der Waals surface area contributed by atoms with Crippen molar-refractivity contribution in [2.75, 3.05) is 0 Å². The highest BCUT2D eigenvalue weighted by atomic mass is 16.3. The van der Waals surface area contributed by atoms with Crippen LogP contribution in [-0.2, 0) is 0 Å². The lowest BCUT2D eigenvalue weighted by atomic mass is 9.91. The standard InChI is InChI=1S/C40H24O/c1-2-9-29-26(8-1)20-23-37-36-15-7-14-30(39(36)41-40(29)37)27-18-16-25(17-19-27)28-21-22-35-33-12-4-3-10-31(33)32-11-5-6-13-34(32)38(35)24-28/h1-24H. The van der Waals surface area contributed by atoms with Crippen LogP contribution in [0.25, 0.3) is 87.3 Å². The van der Waals surface area contributed by atoms with Crippen LogP contribution in [0.2, 0.25) is 0 Å². The summed E-state index contributed by atoms with van der Waals surface area (Å²) in [5.41, 5.74) is 6.59. The fourth-order valence-corrected chi connectivity index (χ4v) is 6.68. The van der Waals surface area contributed by atoms with E-state index in [4.69, 9.17) is 4.42 Å². The second-order valence-corrected chi connectivity index (χ2v) is 10.9.